The van der Waals surface area contributed by atoms with Crippen LogP contribution in [0, 0.1) is 17.7 Å². The molecule has 0 saturated heterocycles. The number of ether oxygens (including phenoxy) is 1. The SMILES string of the molecule is COc1cc(NC(C2CC2)C2CC2)c(N)cc1F. The monoisotopic (exact) mass is 250 g/mol. The Bertz CT molecular complexity index is 443. The van der Waals surface area contributed by atoms with Crippen molar-refractivity contribution in [2.75, 3.05) is 18.2 Å². The Morgan fingerprint density at radius 1 is 1.28 bits per heavy atom. The molecule has 0 heterocycles. The first-order valence-corrected chi connectivity index (χ1v) is 6.58. The first-order chi connectivity index (χ1) is 8.69. The number of rotatable bonds is 5. The summed E-state index contributed by atoms with van der Waals surface area (Å²) >= 11 is 0. The van der Waals surface area contributed by atoms with E-state index in [4.69, 9.17) is 10.5 Å². The molecule has 0 unspecified atom stereocenters. The van der Waals surface area contributed by atoms with Crippen molar-refractivity contribution in [2.24, 2.45) is 11.8 Å². The van der Waals surface area contributed by atoms with Crippen LogP contribution in [0.2, 0.25) is 0 Å². The zero-order valence-electron chi connectivity index (χ0n) is 10.6. The molecular weight excluding hydrogens is 231 g/mol. The van der Waals surface area contributed by atoms with Gasteiger partial charge in [0.25, 0.3) is 0 Å². The number of hydrogen-bond acceptors (Lipinski definition) is 3. The van der Waals surface area contributed by atoms with Gasteiger partial charge in [-0.1, -0.05) is 0 Å². The van der Waals surface area contributed by atoms with Gasteiger partial charge in [-0.25, -0.2) is 4.39 Å². The molecule has 0 aliphatic heterocycles. The van der Waals surface area contributed by atoms with Crippen molar-refractivity contribution in [3.05, 3.63) is 17.9 Å². The molecule has 0 amide bonds. The number of nitrogens with two attached hydrogens (primary N) is 1. The maximum atomic E-state index is 13.5. The van der Waals surface area contributed by atoms with Crippen molar-refractivity contribution in [1.29, 1.82) is 0 Å². The topological polar surface area (TPSA) is 47.3 Å². The van der Waals surface area contributed by atoms with Crippen LogP contribution in [0.5, 0.6) is 5.75 Å². The molecule has 0 bridgehead atoms. The highest BCUT2D eigenvalue weighted by atomic mass is 19.1. The Hall–Kier alpha value is -1.45. The second kappa shape index (κ2) is 4.34. The molecule has 98 valence electrons. The Kier molecular flexibility index (Phi) is 2.80. The summed E-state index contributed by atoms with van der Waals surface area (Å²) in [7, 11) is 1.47. The molecule has 2 aliphatic carbocycles. The van der Waals surface area contributed by atoms with Crippen LogP contribution in [-0.4, -0.2) is 13.2 Å². The van der Waals surface area contributed by atoms with E-state index in [1.54, 1.807) is 6.07 Å². The van der Waals surface area contributed by atoms with E-state index in [2.05, 4.69) is 5.32 Å². The molecule has 2 fully saturated rings. The van der Waals surface area contributed by atoms with Gasteiger partial charge in [0.1, 0.15) is 0 Å². The molecule has 4 heteroatoms. The lowest BCUT2D eigenvalue weighted by Crippen LogP contribution is -2.24. The number of methoxy groups -OCH3 is 1. The number of anilines is 2. The number of hydrogen-bond donors (Lipinski definition) is 2. The average Bonchev–Trinajstić information content (AvgIpc) is 3.21. The molecule has 3 N–H and O–H groups in total. The number of halogens is 1. The van der Waals surface area contributed by atoms with Crippen LogP contribution >= 0.6 is 0 Å². The Morgan fingerprint density at radius 2 is 1.89 bits per heavy atom. The molecule has 18 heavy (non-hydrogen) atoms. The van der Waals surface area contributed by atoms with E-state index in [0.29, 0.717) is 11.7 Å². The molecule has 1 aromatic carbocycles. The van der Waals surface area contributed by atoms with Crippen LogP contribution in [0.25, 0.3) is 0 Å². The van der Waals surface area contributed by atoms with Crippen LogP contribution in [-0.2, 0) is 0 Å². The summed E-state index contributed by atoms with van der Waals surface area (Å²) in [5.74, 6) is 1.38. The van der Waals surface area contributed by atoms with Crippen LogP contribution in [0.15, 0.2) is 12.1 Å². The largest absolute Gasteiger partial charge is 0.494 e. The minimum atomic E-state index is -0.407. The predicted molar refractivity (Wildman–Crippen MR) is 70.2 cm³/mol. The standard InChI is InChI=1S/C14H19FN2O/c1-18-13-7-12(11(16)6-10(13)15)17-14(8-2-3-8)9-4-5-9/h6-9,14,17H,2-5,16H2,1H3. The van der Waals surface area contributed by atoms with Crippen molar-refractivity contribution >= 4 is 11.4 Å². The zero-order valence-corrected chi connectivity index (χ0v) is 10.6. The minimum absolute atomic E-state index is 0.247. The fourth-order valence-corrected chi connectivity index (χ4v) is 2.56. The molecule has 0 spiro atoms. The van der Waals surface area contributed by atoms with Crippen molar-refractivity contribution in [2.45, 2.75) is 31.7 Å². The van der Waals surface area contributed by atoms with Gasteiger partial charge in [0.15, 0.2) is 11.6 Å². The zero-order chi connectivity index (χ0) is 12.7. The van der Waals surface area contributed by atoms with E-state index in [0.717, 1.165) is 17.5 Å². The normalized spacial score (nSPS) is 19.1. The highest BCUT2D eigenvalue weighted by Crippen LogP contribution is 2.46. The highest BCUT2D eigenvalue weighted by Gasteiger charge is 2.41. The Balaban J connectivity index is 1.82. The van der Waals surface area contributed by atoms with Crippen LogP contribution in [0.1, 0.15) is 25.7 Å². The molecule has 2 saturated carbocycles. The molecule has 1 aromatic rings. The van der Waals surface area contributed by atoms with Gasteiger partial charge in [-0.3, -0.25) is 0 Å². The summed E-state index contributed by atoms with van der Waals surface area (Å²) in [5.41, 5.74) is 7.14. The molecular formula is C14H19FN2O. The van der Waals surface area contributed by atoms with Gasteiger partial charge in [-0.15, -0.1) is 0 Å². The third kappa shape index (κ3) is 2.24. The van der Waals surface area contributed by atoms with Crippen LogP contribution in [0.4, 0.5) is 15.8 Å². The second-order valence-electron chi connectivity index (χ2n) is 5.42. The van der Waals surface area contributed by atoms with Gasteiger partial charge in [-0.05, 0) is 37.5 Å². The molecule has 3 rings (SSSR count). The lowest BCUT2D eigenvalue weighted by molar-refractivity contribution is 0.387. The Morgan fingerprint density at radius 3 is 2.39 bits per heavy atom. The van der Waals surface area contributed by atoms with E-state index in [1.807, 2.05) is 0 Å². The van der Waals surface area contributed by atoms with Crippen molar-refractivity contribution in [1.82, 2.24) is 0 Å². The summed E-state index contributed by atoms with van der Waals surface area (Å²) in [6.45, 7) is 0. The van der Waals surface area contributed by atoms with Crippen LogP contribution < -0.4 is 15.8 Å². The predicted octanol–water partition coefficient (Wildman–Crippen LogP) is 3.02. The van der Waals surface area contributed by atoms with Gasteiger partial charge < -0.3 is 15.8 Å². The van der Waals surface area contributed by atoms with E-state index in [-0.39, 0.29) is 5.75 Å². The molecule has 0 radical (unpaired) electrons. The lowest BCUT2D eigenvalue weighted by atomic mass is 10.1. The fourth-order valence-electron chi connectivity index (χ4n) is 2.56. The second-order valence-corrected chi connectivity index (χ2v) is 5.42. The van der Waals surface area contributed by atoms with Gasteiger partial charge in [-0.2, -0.15) is 0 Å². The molecule has 2 aliphatic rings. The van der Waals surface area contributed by atoms with E-state index in [9.17, 15) is 4.39 Å². The van der Waals surface area contributed by atoms with Gasteiger partial charge in [0.2, 0.25) is 0 Å². The van der Waals surface area contributed by atoms with Crippen LogP contribution in [0.3, 0.4) is 0 Å². The number of nitrogens with one attached hydrogen (secondary N) is 1. The summed E-state index contributed by atoms with van der Waals surface area (Å²) in [6.07, 6.45) is 5.19. The minimum Gasteiger partial charge on any atom is -0.494 e. The fraction of sp³-hybridized carbons (Fsp3) is 0.571. The third-order valence-corrected chi connectivity index (χ3v) is 3.91. The van der Waals surface area contributed by atoms with E-state index in [1.165, 1.54) is 38.9 Å². The molecule has 0 atom stereocenters. The van der Waals surface area contributed by atoms with E-state index < -0.39 is 5.82 Å². The first-order valence-electron chi connectivity index (χ1n) is 6.58. The number of nitrogen functional groups attached to an aromatic ring is 1. The lowest BCUT2D eigenvalue weighted by Gasteiger charge is -2.21. The van der Waals surface area contributed by atoms with Crippen molar-refractivity contribution < 1.29 is 9.13 Å². The third-order valence-electron chi connectivity index (χ3n) is 3.91. The Labute approximate surface area is 107 Å². The van der Waals surface area contributed by atoms with Gasteiger partial charge in [0, 0.05) is 18.2 Å². The van der Waals surface area contributed by atoms with Crippen molar-refractivity contribution in [3.8, 4) is 5.75 Å². The average molecular weight is 250 g/mol. The van der Waals surface area contributed by atoms with E-state index >= 15 is 0 Å². The van der Waals surface area contributed by atoms with Crippen molar-refractivity contribution in [3.63, 3.8) is 0 Å². The smallest absolute Gasteiger partial charge is 0.167 e. The maximum Gasteiger partial charge on any atom is 0.167 e. The maximum absolute atomic E-state index is 13.5. The van der Waals surface area contributed by atoms with Gasteiger partial charge >= 0.3 is 0 Å². The molecule has 0 aromatic heterocycles. The summed E-state index contributed by atoms with van der Waals surface area (Å²) in [6, 6.07) is 3.50. The van der Waals surface area contributed by atoms with Gasteiger partial charge in [0.05, 0.1) is 18.5 Å². The number of benzene rings is 1. The highest BCUT2D eigenvalue weighted by molar-refractivity contribution is 5.69. The quantitative estimate of drug-likeness (QED) is 0.790. The first kappa shape index (κ1) is 11.6. The summed E-state index contributed by atoms with van der Waals surface area (Å²) in [5, 5.41) is 3.50. The summed E-state index contributed by atoms with van der Waals surface area (Å²) in [4.78, 5) is 0. The summed E-state index contributed by atoms with van der Waals surface area (Å²) < 4.78 is 18.5. The molecule has 3 nitrogen and oxygen atoms in total.